The Balaban J connectivity index is 1.58. The van der Waals surface area contributed by atoms with Crippen LogP contribution in [0.1, 0.15) is 13.3 Å². The zero-order valence-corrected chi connectivity index (χ0v) is 13.1. The Morgan fingerprint density at radius 3 is 2.77 bits per heavy atom. The van der Waals surface area contributed by atoms with Crippen LogP contribution in [0.4, 0.5) is 5.82 Å². The van der Waals surface area contributed by atoms with Crippen molar-refractivity contribution >= 4 is 11.7 Å². The molecular weight excluding hydrogens is 276 g/mol. The summed E-state index contributed by atoms with van der Waals surface area (Å²) in [4.78, 5) is 21.5. The molecule has 1 aromatic rings. The smallest absolute Gasteiger partial charge is 0.226 e. The van der Waals surface area contributed by atoms with Crippen LogP contribution >= 0.6 is 0 Å². The third kappa shape index (κ3) is 3.08. The van der Waals surface area contributed by atoms with Crippen molar-refractivity contribution in [2.45, 2.75) is 13.3 Å². The van der Waals surface area contributed by atoms with E-state index in [1.165, 1.54) is 0 Å². The molecule has 1 unspecified atom stereocenters. The van der Waals surface area contributed by atoms with Crippen LogP contribution in [0.25, 0.3) is 0 Å². The van der Waals surface area contributed by atoms with Crippen LogP contribution in [-0.4, -0.2) is 48.5 Å². The lowest BCUT2D eigenvalue weighted by Gasteiger charge is -2.37. The van der Waals surface area contributed by atoms with Gasteiger partial charge in [0.05, 0.1) is 0 Å². The van der Waals surface area contributed by atoms with Gasteiger partial charge in [0.1, 0.15) is 5.82 Å². The quantitative estimate of drug-likeness (QED) is 0.915. The first-order valence-corrected chi connectivity index (χ1v) is 8.14. The Kier molecular flexibility index (Phi) is 4.61. The topological polar surface area (TPSA) is 48.5 Å². The predicted octanol–water partition coefficient (Wildman–Crippen LogP) is 1.49. The number of hydrogen-bond acceptors (Lipinski definition) is 4. The zero-order valence-electron chi connectivity index (χ0n) is 13.1. The fraction of sp³-hybridized carbons (Fsp3) is 0.529. The molecule has 1 fully saturated rings. The summed E-state index contributed by atoms with van der Waals surface area (Å²) < 4.78 is 0. The van der Waals surface area contributed by atoms with Gasteiger partial charge in [0.25, 0.3) is 0 Å². The maximum Gasteiger partial charge on any atom is 0.226 e. The number of pyridine rings is 1. The van der Waals surface area contributed by atoms with E-state index in [1.807, 2.05) is 35.5 Å². The highest BCUT2D eigenvalue weighted by Crippen LogP contribution is 2.23. The lowest BCUT2D eigenvalue weighted by atomic mass is 9.89. The maximum absolute atomic E-state index is 12.8. The molecule has 0 bridgehead atoms. The first-order chi connectivity index (χ1) is 10.8. The molecule has 3 rings (SSSR count). The summed E-state index contributed by atoms with van der Waals surface area (Å²) in [7, 11) is 0. The average Bonchev–Trinajstić information content (AvgIpc) is 3.11. The maximum atomic E-state index is 12.8. The number of anilines is 1. The largest absolute Gasteiger partial charge is 0.391 e. The molecule has 118 valence electrons. The van der Waals surface area contributed by atoms with Gasteiger partial charge in [0.15, 0.2) is 0 Å². The summed E-state index contributed by atoms with van der Waals surface area (Å²) >= 11 is 0. The van der Waals surface area contributed by atoms with Crippen LogP contribution in [0.3, 0.4) is 0 Å². The third-order valence-corrected chi connectivity index (χ3v) is 4.65. The van der Waals surface area contributed by atoms with Gasteiger partial charge in [0.2, 0.25) is 5.91 Å². The van der Waals surface area contributed by atoms with E-state index in [9.17, 15) is 4.79 Å². The molecule has 22 heavy (non-hydrogen) atoms. The van der Waals surface area contributed by atoms with Gasteiger partial charge >= 0.3 is 0 Å². The number of carbonyl (C=O) groups excluding carboxylic acids is 1. The molecule has 2 aliphatic rings. The van der Waals surface area contributed by atoms with Crippen molar-refractivity contribution in [3.8, 4) is 0 Å². The molecule has 5 nitrogen and oxygen atoms in total. The summed E-state index contributed by atoms with van der Waals surface area (Å²) in [5.74, 6) is 1.75. The van der Waals surface area contributed by atoms with Crippen LogP contribution < -0.4 is 10.2 Å². The Hall–Kier alpha value is -2.04. The second kappa shape index (κ2) is 6.81. The fourth-order valence-electron chi connectivity index (χ4n) is 3.33. The third-order valence-electron chi connectivity index (χ3n) is 4.65. The van der Waals surface area contributed by atoms with Crippen molar-refractivity contribution in [3.05, 3.63) is 36.7 Å². The highest BCUT2D eigenvalue weighted by molar-refractivity contribution is 5.79. The number of nitrogens with zero attached hydrogens (tertiary/aromatic N) is 3. The SMILES string of the molecule is CCC(C(=O)N1CCN(c2ccccn2)CC1)[C@H]1C=CNC1. The van der Waals surface area contributed by atoms with E-state index in [-0.39, 0.29) is 5.92 Å². The minimum Gasteiger partial charge on any atom is -0.391 e. The van der Waals surface area contributed by atoms with Gasteiger partial charge in [-0.1, -0.05) is 19.1 Å². The first-order valence-electron chi connectivity index (χ1n) is 8.14. The summed E-state index contributed by atoms with van der Waals surface area (Å²) in [6, 6.07) is 5.96. The average molecular weight is 300 g/mol. The molecule has 1 amide bonds. The Labute approximate surface area is 132 Å². The van der Waals surface area contributed by atoms with Gasteiger partial charge in [-0.25, -0.2) is 4.98 Å². The highest BCUT2D eigenvalue weighted by atomic mass is 16.2. The number of aromatic nitrogens is 1. The summed E-state index contributed by atoms with van der Waals surface area (Å²) in [6.07, 6.45) is 6.82. The Bertz CT molecular complexity index is 523. The molecular formula is C17H24N4O. The monoisotopic (exact) mass is 300 g/mol. The summed E-state index contributed by atoms with van der Waals surface area (Å²) in [5, 5.41) is 3.21. The number of carbonyl (C=O) groups is 1. The predicted molar refractivity (Wildman–Crippen MR) is 87.4 cm³/mol. The van der Waals surface area contributed by atoms with Gasteiger partial charge in [-0.2, -0.15) is 0 Å². The van der Waals surface area contributed by atoms with Gasteiger partial charge in [0, 0.05) is 50.8 Å². The van der Waals surface area contributed by atoms with Crippen molar-refractivity contribution in [2.24, 2.45) is 11.8 Å². The molecule has 2 aliphatic heterocycles. The Morgan fingerprint density at radius 1 is 1.36 bits per heavy atom. The standard InChI is InChI=1S/C17H24N4O/c1-2-15(14-6-8-18-13-14)17(22)21-11-9-20(10-12-21)16-5-3-4-7-19-16/h3-8,14-15,18H,2,9-13H2,1H3/t14-,15?/m0/s1. The molecule has 0 saturated carbocycles. The van der Waals surface area contributed by atoms with Crippen LogP contribution in [-0.2, 0) is 4.79 Å². The normalized spacial score (nSPS) is 22.5. The zero-order chi connectivity index (χ0) is 15.4. The second-order valence-electron chi connectivity index (χ2n) is 5.95. The molecule has 1 N–H and O–H groups in total. The minimum absolute atomic E-state index is 0.104. The van der Waals surface area contributed by atoms with Crippen LogP contribution in [0, 0.1) is 11.8 Å². The molecule has 2 atom stereocenters. The van der Waals surface area contributed by atoms with Crippen molar-refractivity contribution < 1.29 is 4.79 Å². The first kappa shape index (κ1) is 14.9. The van der Waals surface area contributed by atoms with E-state index in [0.717, 1.165) is 45.0 Å². The van der Waals surface area contributed by atoms with E-state index in [1.54, 1.807) is 0 Å². The summed E-state index contributed by atoms with van der Waals surface area (Å²) in [6.45, 7) is 6.29. The molecule has 0 aliphatic carbocycles. The van der Waals surface area contributed by atoms with Gasteiger partial charge < -0.3 is 15.1 Å². The minimum atomic E-state index is 0.104. The van der Waals surface area contributed by atoms with Crippen molar-refractivity contribution in [3.63, 3.8) is 0 Å². The summed E-state index contributed by atoms with van der Waals surface area (Å²) in [5.41, 5.74) is 0. The van der Waals surface area contributed by atoms with Crippen molar-refractivity contribution in [1.29, 1.82) is 0 Å². The number of rotatable bonds is 4. The molecule has 0 aromatic carbocycles. The van der Waals surface area contributed by atoms with E-state index < -0.39 is 0 Å². The van der Waals surface area contributed by atoms with Crippen molar-refractivity contribution in [2.75, 3.05) is 37.6 Å². The molecule has 5 heteroatoms. The lowest BCUT2D eigenvalue weighted by molar-refractivity contribution is -0.137. The lowest BCUT2D eigenvalue weighted by Crippen LogP contribution is -2.51. The van der Waals surface area contributed by atoms with E-state index in [0.29, 0.717) is 11.8 Å². The van der Waals surface area contributed by atoms with Crippen LogP contribution in [0.2, 0.25) is 0 Å². The molecule has 3 heterocycles. The molecule has 1 aromatic heterocycles. The molecule has 0 radical (unpaired) electrons. The van der Waals surface area contributed by atoms with Gasteiger partial charge in [-0.05, 0) is 24.8 Å². The highest BCUT2D eigenvalue weighted by Gasteiger charge is 2.31. The van der Waals surface area contributed by atoms with E-state index in [2.05, 4.69) is 28.2 Å². The number of hydrogen-bond donors (Lipinski definition) is 1. The van der Waals surface area contributed by atoms with Crippen LogP contribution in [0.5, 0.6) is 0 Å². The van der Waals surface area contributed by atoms with Crippen molar-refractivity contribution in [1.82, 2.24) is 15.2 Å². The number of piperazine rings is 1. The van der Waals surface area contributed by atoms with Gasteiger partial charge in [-0.3, -0.25) is 4.79 Å². The van der Waals surface area contributed by atoms with E-state index >= 15 is 0 Å². The number of nitrogens with one attached hydrogen (secondary N) is 1. The Morgan fingerprint density at radius 2 is 2.18 bits per heavy atom. The van der Waals surface area contributed by atoms with Gasteiger partial charge in [-0.15, -0.1) is 0 Å². The van der Waals surface area contributed by atoms with E-state index in [4.69, 9.17) is 0 Å². The molecule has 1 saturated heterocycles. The molecule has 0 spiro atoms. The fourth-order valence-corrected chi connectivity index (χ4v) is 3.33. The number of amides is 1. The van der Waals surface area contributed by atoms with Crippen LogP contribution in [0.15, 0.2) is 36.7 Å². The second-order valence-corrected chi connectivity index (χ2v) is 5.95.